The van der Waals surface area contributed by atoms with E-state index < -0.39 is 23.9 Å². The second kappa shape index (κ2) is 9.22. The van der Waals surface area contributed by atoms with E-state index in [1.807, 2.05) is 0 Å². The molecule has 0 aromatic heterocycles. The monoisotopic (exact) mass is 356 g/mol. The Morgan fingerprint density at radius 3 is 2.46 bits per heavy atom. The molecule has 136 valence electrons. The first-order valence-electron chi connectivity index (χ1n) is 7.97. The summed E-state index contributed by atoms with van der Waals surface area (Å²) < 4.78 is 10.1. The molecule has 0 spiro atoms. The largest absolute Gasteiger partial charge is 0.497 e. The molecule has 2 aromatic carbocycles. The van der Waals surface area contributed by atoms with E-state index in [1.54, 1.807) is 54.6 Å². The lowest BCUT2D eigenvalue weighted by Crippen LogP contribution is -2.35. The number of esters is 1. The van der Waals surface area contributed by atoms with E-state index in [9.17, 15) is 14.4 Å². The third-order valence-electron chi connectivity index (χ3n) is 3.44. The maximum atomic E-state index is 12.1. The highest BCUT2D eigenvalue weighted by atomic mass is 16.5. The van der Waals surface area contributed by atoms with Crippen molar-refractivity contribution in [3.8, 4) is 5.75 Å². The Hall–Kier alpha value is -3.35. The van der Waals surface area contributed by atoms with E-state index >= 15 is 0 Å². The Labute approximate surface area is 151 Å². The van der Waals surface area contributed by atoms with E-state index in [1.165, 1.54) is 14.0 Å². The molecule has 0 saturated carbocycles. The average Bonchev–Trinajstić information content (AvgIpc) is 2.66. The molecule has 0 saturated heterocycles. The normalized spacial score (nSPS) is 11.2. The highest BCUT2D eigenvalue weighted by Gasteiger charge is 2.18. The number of carbonyl (C=O) groups excluding carboxylic acids is 3. The Morgan fingerprint density at radius 2 is 1.77 bits per heavy atom. The van der Waals surface area contributed by atoms with Gasteiger partial charge in [-0.3, -0.25) is 14.4 Å². The van der Waals surface area contributed by atoms with Crippen LogP contribution < -0.4 is 15.4 Å². The number of hydrogen-bond acceptors (Lipinski definition) is 5. The van der Waals surface area contributed by atoms with E-state index in [0.717, 1.165) is 0 Å². The van der Waals surface area contributed by atoms with Gasteiger partial charge in [-0.15, -0.1) is 0 Å². The summed E-state index contributed by atoms with van der Waals surface area (Å²) in [5.41, 5.74) is 0.957. The van der Waals surface area contributed by atoms with Gasteiger partial charge in [0, 0.05) is 17.3 Å². The van der Waals surface area contributed by atoms with Gasteiger partial charge in [-0.05, 0) is 31.2 Å². The topological polar surface area (TPSA) is 93.7 Å². The molecule has 0 aliphatic carbocycles. The fraction of sp³-hybridized carbons (Fsp3) is 0.211. The molecule has 0 radical (unpaired) electrons. The fourth-order valence-corrected chi connectivity index (χ4v) is 2.08. The van der Waals surface area contributed by atoms with E-state index in [4.69, 9.17) is 9.47 Å². The number of amides is 2. The molecule has 0 unspecified atom stereocenters. The van der Waals surface area contributed by atoms with Crippen LogP contribution in [0.2, 0.25) is 0 Å². The zero-order valence-electron chi connectivity index (χ0n) is 14.5. The minimum atomic E-state index is -1.01. The molecule has 0 heterocycles. The number of carbonyl (C=O) groups is 3. The van der Waals surface area contributed by atoms with E-state index in [-0.39, 0.29) is 6.54 Å². The Balaban J connectivity index is 1.80. The lowest BCUT2D eigenvalue weighted by Gasteiger charge is -2.14. The van der Waals surface area contributed by atoms with Crippen LogP contribution in [0.15, 0.2) is 54.6 Å². The third-order valence-corrected chi connectivity index (χ3v) is 3.44. The third kappa shape index (κ3) is 5.62. The standard InChI is InChI=1S/C19H20N2O5/c1-13(18(23)21-15-9-6-10-16(11-15)25-2)26-17(22)12-20-19(24)14-7-4-3-5-8-14/h3-11,13H,12H2,1-2H3,(H,20,24)(H,21,23)/t13-/m1/s1. The van der Waals surface area contributed by atoms with Gasteiger partial charge in [0.1, 0.15) is 12.3 Å². The van der Waals surface area contributed by atoms with Gasteiger partial charge < -0.3 is 20.1 Å². The Morgan fingerprint density at radius 1 is 1.04 bits per heavy atom. The van der Waals surface area contributed by atoms with Gasteiger partial charge >= 0.3 is 5.97 Å². The molecule has 2 amide bonds. The maximum Gasteiger partial charge on any atom is 0.326 e. The first-order valence-corrected chi connectivity index (χ1v) is 7.97. The van der Waals surface area contributed by atoms with Crippen LogP contribution in [0.4, 0.5) is 5.69 Å². The lowest BCUT2D eigenvalue weighted by atomic mass is 10.2. The Kier molecular flexibility index (Phi) is 6.73. The van der Waals surface area contributed by atoms with Gasteiger partial charge in [-0.1, -0.05) is 24.3 Å². The molecule has 0 aliphatic heterocycles. The van der Waals surface area contributed by atoms with Gasteiger partial charge in [0.15, 0.2) is 6.10 Å². The van der Waals surface area contributed by atoms with Crippen LogP contribution in [0.3, 0.4) is 0 Å². The predicted molar refractivity (Wildman–Crippen MR) is 96.0 cm³/mol. The van der Waals surface area contributed by atoms with Crippen LogP contribution in [0, 0.1) is 0 Å². The summed E-state index contributed by atoms with van der Waals surface area (Å²) in [6.07, 6.45) is -1.01. The molecule has 0 bridgehead atoms. The maximum absolute atomic E-state index is 12.1. The SMILES string of the molecule is COc1cccc(NC(=O)[C@@H](C)OC(=O)CNC(=O)c2ccccc2)c1. The first kappa shape index (κ1) is 19.0. The van der Waals surface area contributed by atoms with Crippen LogP contribution >= 0.6 is 0 Å². The number of ether oxygens (including phenoxy) is 2. The molecule has 0 fully saturated rings. The lowest BCUT2D eigenvalue weighted by molar-refractivity contribution is -0.152. The van der Waals surface area contributed by atoms with Crippen molar-refractivity contribution >= 4 is 23.5 Å². The molecule has 26 heavy (non-hydrogen) atoms. The minimum Gasteiger partial charge on any atom is -0.497 e. The number of benzene rings is 2. The molecule has 2 rings (SSSR count). The summed E-state index contributed by atoms with van der Waals surface area (Å²) in [4.78, 5) is 35.8. The molecular formula is C19H20N2O5. The molecule has 7 nitrogen and oxygen atoms in total. The highest BCUT2D eigenvalue weighted by molar-refractivity contribution is 5.97. The van der Waals surface area contributed by atoms with Gasteiger partial charge in [-0.25, -0.2) is 0 Å². The second-order valence-corrected chi connectivity index (χ2v) is 5.40. The summed E-state index contributed by atoms with van der Waals surface area (Å²) in [6.45, 7) is 1.12. The van der Waals surface area contributed by atoms with E-state index in [0.29, 0.717) is 17.0 Å². The number of hydrogen-bond donors (Lipinski definition) is 2. The summed E-state index contributed by atoms with van der Waals surface area (Å²) in [5, 5.41) is 5.08. The summed E-state index contributed by atoms with van der Waals surface area (Å²) >= 11 is 0. The number of rotatable bonds is 7. The fourth-order valence-electron chi connectivity index (χ4n) is 2.08. The van der Waals surface area contributed by atoms with Crippen molar-refractivity contribution in [2.75, 3.05) is 19.0 Å². The van der Waals surface area contributed by atoms with Crippen LogP contribution in [0.1, 0.15) is 17.3 Å². The van der Waals surface area contributed by atoms with Gasteiger partial charge in [0.25, 0.3) is 11.8 Å². The molecule has 1 atom stereocenters. The smallest absolute Gasteiger partial charge is 0.326 e. The van der Waals surface area contributed by atoms with Crippen molar-refractivity contribution in [2.24, 2.45) is 0 Å². The van der Waals surface area contributed by atoms with Crippen molar-refractivity contribution in [2.45, 2.75) is 13.0 Å². The van der Waals surface area contributed by atoms with Crippen LogP contribution in [-0.4, -0.2) is 37.5 Å². The van der Waals surface area contributed by atoms with Gasteiger partial charge in [0.05, 0.1) is 7.11 Å². The molecule has 2 aromatic rings. The van der Waals surface area contributed by atoms with Crippen LogP contribution in [0.25, 0.3) is 0 Å². The average molecular weight is 356 g/mol. The number of anilines is 1. The van der Waals surface area contributed by atoms with E-state index in [2.05, 4.69) is 10.6 Å². The second-order valence-electron chi connectivity index (χ2n) is 5.40. The van der Waals surface area contributed by atoms with Crippen molar-refractivity contribution < 1.29 is 23.9 Å². The Bertz CT molecular complexity index is 777. The summed E-state index contributed by atoms with van der Waals surface area (Å²) in [6, 6.07) is 15.3. The van der Waals surface area contributed by atoms with Crippen molar-refractivity contribution in [3.05, 3.63) is 60.2 Å². The van der Waals surface area contributed by atoms with Gasteiger partial charge in [0.2, 0.25) is 0 Å². The molecule has 7 heteroatoms. The summed E-state index contributed by atoms with van der Waals surface area (Å²) in [7, 11) is 1.52. The zero-order chi connectivity index (χ0) is 18.9. The number of methoxy groups -OCH3 is 1. The number of nitrogens with one attached hydrogen (secondary N) is 2. The molecular weight excluding hydrogens is 336 g/mol. The quantitative estimate of drug-likeness (QED) is 0.740. The summed E-state index contributed by atoms with van der Waals surface area (Å²) in [5.74, 6) is -0.990. The predicted octanol–water partition coefficient (Wildman–Crippen LogP) is 2.00. The van der Waals surface area contributed by atoms with Crippen molar-refractivity contribution in [3.63, 3.8) is 0 Å². The van der Waals surface area contributed by atoms with Crippen molar-refractivity contribution in [1.82, 2.24) is 5.32 Å². The molecule has 2 N–H and O–H groups in total. The van der Waals surface area contributed by atoms with Crippen molar-refractivity contribution in [1.29, 1.82) is 0 Å². The minimum absolute atomic E-state index is 0.329. The first-order chi connectivity index (χ1) is 12.5. The van der Waals surface area contributed by atoms with Gasteiger partial charge in [-0.2, -0.15) is 0 Å². The highest BCUT2D eigenvalue weighted by Crippen LogP contribution is 2.17. The zero-order valence-corrected chi connectivity index (χ0v) is 14.5. The molecule has 0 aliphatic rings. The van der Waals surface area contributed by atoms with Crippen LogP contribution in [-0.2, 0) is 14.3 Å². The van der Waals surface area contributed by atoms with Crippen LogP contribution in [0.5, 0.6) is 5.75 Å².